The van der Waals surface area contributed by atoms with E-state index in [-0.39, 0.29) is 16.9 Å². The third-order valence-electron chi connectivity index (χ3n) is 5.15. The van der Waals surface area contributed by atoms with Crippen molar-refractivity contribution in [2.75, 3.05) is 0 Å². The Balaban J connectivity index is 2.59. The van der Waals surface area contributed by atoms with Crippen LogP contribution in [0.4, 0.5) is 4.79 Å². The van der Waals surface area contributed by atoms with E-state index in [2.05, 4.69) is 9.71 Å². The molecule has 0 heterocycles. The second-order valence-electron chi connectivity index (χ2n) is 10.2. The molecule has 0 aliphatic carbocycles. The van der Waals surface area contributed by atoms with Crippen molar-refractivity contribution in [2.45, 2.75) is 85.0 Å². The maximum Gasteiger partial charge on any atom is 0.408 e. The molecule has 2 rings (SSSR count). The number of nitrogens with zero attached hydrogens (tertiary/aromatic N) is 1. The largest absolute Gasteiger partial charge is 0.477 e. The molecule has 0 fully saturated rings. The Labute approximate surface area is 210 Å². The molecular formula is C27H38N2O5S. The SMILES string of the molecule is Cc1cccc([C@H](NC(=O)OC(C)(C)C)[C@H](C)/C(=N\S(=O)(=O)c2cc(C)ccc2C)OC(C)C)c1. The molecule has 2 aromatic carbocycles. The number of carbonyl (C=O) groups excluding carboxylic acids is 1. The van der Waals surface area contributed by atoms with Gasteiger partial charge in [-0.15, -0.1) is 4.40 Å². The van der Waals surface area contributed by atoms with Crippen molar-refractivity contribution in [3.63, 3.8) is 0 Å². The van der Waals surface area contributed by atoms with Gasteiger partial charge in [-0.3, -0.25) is 0 Å². The van der Waals surface area contributed by atoms with Gasteiger partial charge in [-0.2, -0.15) is 8.42 Å². The van der Waals surface area contributed by atoms with E-state index in [0.29, 0.717) is 5.56 Å². The zero-order valence-corrected chi connectivity index (χ0v) is 23.0. The topological polar surface area (TPSA) is 94.1 Å². The lowest BCUT2D eigenvalue weighted by molar-refractivity contribution is 0.0492. The number of alkyl carbamates (subject to hydrolysis) is 1. The fourth-order valence-corrected chi connectivity index (χ4v) is 4.90. The Morgan fingerprint density at radius 2 is 1.60 bits per heavy atom. The Kier molecular flexibility index (Phi) is 9.11. The number of carbonyl (C=O) groups is 1. The molecule has 0 bridgehead atoms. The molecule has 0 unspecified atom stereocenters. The minimum atomic E-state index is -4.07. The van der Waals surface area contributed by atoms with E-state index >= 15 is 0 Å². The normalized spacial score (nSPS) is 14.4. The zero-order chi connectivity index (χ0) is 26.6. The molecule has 192 valence electrons. The number of aryl methyl sites for hydroxylation is 3. The Morgan fingerprint density at radius 3 is 2.17 bits per heavy atom. The van der Waals surface area contributed by atoms with Crippen LogP contribution >= 0.6 is 0 Å². The summed E-state index contributed by atoms with van der Waals surface area (Å²) in [6.07, 6.45) is -0.943. The molecule has 1 amide bonds. The van der Waals surface area contributed by atoms with E-state index in [0.717, 1.165) is 16.7 Å². The number of sulfonamides is 1. The van der Waals surface area contributed by atoms with Gasteiger partial charge in [-0.05, 0) is 78.1 Å². The summed E-state index contributed by atoms with van der Waals surface area (Å²) in [6.45, 7) is 16.2. The number of rotatable bonds is 7. The maximum atomic E-state index is 13.3. The molecule has 2 atom stereocenters. The van der Waals surface area contributed by atoms with Gasteiger partial charge in [0, 0.05) is 0 Å². The first-order chi connectivity index (χ1) is 16.1. The Hall–Kier alpha value is -2.87. The van der Waals surface area contributed by atoms with Gasteiger partial charge in [0.2, 0.25) is 5.90 Å². The summed E-state index contributed by atoms with van der Waals surface area (Å²) >= 11 is 0. The maximum absolute atomic E-state index is 13.3. The number of ether oxygens (including phenoxy) is 2. The number of amides is 1. The third kappa shape index (κ3) is 8.38. The number of hydrogen-bond donors (Lipinski definition) is 1. The van der Waals surface area contributed by atoms with Crippen LogP contribution in [0.5, 0.6) is 0 Å². The summed E-state index contributed by atoms with van der Waals surface area (Å²) in [7, 11) is -4.07. The van der Waals surface area contributed by atoms with Crippen LogP contribution in [-0.4, -0.2) is 32.1 Å². The van der Waals surface area contributed by atoms with E-state index in [1.165, 1.54) is 0 Å². The van der Waals surface area contributed by atoms with Crippen molar-refractivity contribution in [3.8, 4) is 0 Å². The van der Waals surface area contributed by atoms with Gasteiger partial charge in [-0.25, -0.2) is 4.79 Å². The molecule has 2 aromatic rings. The summed E-state index contributed by atoms with van der Waals surface area (Å²) in [5.74, 6) is -0.602. The van der Waals surface area contributed by atoms with Gasteiger partial charge in [-0.1, -0.05) is 48.9 Å². The van der Waals surface area contributed by atoms with Crippen molar-refractivity contribution >= 4 is 22.0 Å². The first kappa shape index (κ1) is 28.4. The number of hydrogen-bond acceptors (Lipinski definition) is 5. The van der Waals surface area contributed by atoms with Crippen LogP contribution in [0.1, 0.15) is 69.8 Å². The molecule has 7 nitrogen and oxygen atoms in total. The average molecular weight is 503 g/mol. The summed E-state index contributed by atoms with van der Waals surface area (Å²) in [6, 6.07) is 12.2. The van der Waals surface area contributed by atoms with Crippen LogP contribution in [0.2, 0.25) is 0 Å². The van der Waals surface area contributed by atoms with Crippen molar-refractivity contribution in [2.24, 2.45) is 10.3 Å². The predicted octanol–water partition coefficient (Wildman–Crippen LogP) is 6.03. The highest BCUT2D eigenvalue weighted by molar-refractivity contribution is 7.90. The molecule has 0 radical (unpaired) electrons. The van der Waals surface area contributed by atoms with E-state index in [1.807, 2.05) is 44.2 Å². The van der Waals surface area contributed by atoms with Crippen LogP contribution in [0.25, 0.3) is 0 Å². The zero-order valence-electron chi connectivity index (χ0n) is 22.2. The van der Waals surface area contributed by atoms with E-state index in [1.54, 1.807) is 60.6 Å². The quantitative estimate of drug-likeness (QED) is 0.369. The second kappa shape index (κ2) is 11.2. The van der Waals surface area contributed by atoms with Gasteiger partial charge in [0.15, 0.2) is 0 Å². The highest BCUT2D eigenvalue weighted by atomic mass is 32.2. The van der Waals surface area contributed by atoms with Crippen molar-refractivity contribution in [3.05, 3.63) is 64.7 Å². The fraction of sp³-hybridized carbons (Fsp3) is 0.481. The highest BCUT2D eigenvalue weighted by Gasteiger charge is 2.31. The molecule has 0 aliphatic rings. The van der Waals surface area contributed by atoms with Crippen LogP contribution in [0.3, 0.4) is 0 Å². The summed E-state index contributed by atoms with van der Waals surface area (Å²) in [4.78, 5) is 12.9. The number of benzene rings is 2. The van der Waals surface area contributed by atoms with Gasteiger partial charge >= 0.3 is 6.09 Å². The minimum absolute atomic E-state index is 0.0171. The molecule has 1 N–H and O–H groups in total. The van der Waals surface area contributed by atoms with Gasteiger partial charge < -0.3 is 14.8 Å². The summed E-state index contributed by atoms with van der Waals surface area (Å²) in [5.41, 5.74) is 2.50. The molecule has 0 spiro atoms. The minimum Gasteiger partial charge on any atom is -0.477 e. The first-order valence-electron chi connectivity index (χ1n) is 11.7. The lowest BCUT2D eigenvalue weighted by atomic mass is 9.93. The summed E-state index contributed by atoms with van der Waals surface area (Å²) < 4.78 is 42.3. The molecule has 0 aromatic heterocycles. The van der Waals surface area contributed by atoms with Crippen LogP contribution < -0.4 is 5.32 Å². The monoisotopic (exact) mass is 502 g/mol. The second-order valence-corrected chi connectivity index (χ2v) is 11.7. The Bertz CT molecular complexity index is 1180. The lowest BCUT2D eigenvalue weighted by Gasteiger charge is -2.29. The van der Waals surface area contributed by atoms with Crippen LogP contribution in [0.15, 0.2) is 51.8 Å². The Morgan fingerprint density at radius 1 is 0.971 bits per heavy atom. The molecular weight excluding hydrogens is 464 g/mol. The molecule has 0 saturated carbocycles. The molecule has 0 aliphatic heterocycles. The van der Waals surface area contributed by atoms with Crippen LogP contribution in [0, 0.1) is 26.7 Å². The van der Waals surface area contributed by atoms with Crippen molar-refractivity contribution < 1.29 is 22.7 Å². The van der Waals surface area contributed by atoms with Gasteiger partial charge in [0.05, 0.1) is 23.0 Å². The standard InChI is InChI=1S/C27H38N2O5S/c1-17(2)33-25(29-35(31,32)23-16-19(4)13-14-20(23)5)21(6)24(22-12-10-11-18(3)15-22)28-26(30)34-27(7,8)9/h10-17,21,24H,1-9H3,(H,28,30)/b29-25+/t21-,24+/m0/s1. The highest BCUT2D eigenvalue weighted by Crippen LogP contribution is 2.28. The third-order valence-corrected chi connectivity index (χ3v) is 6.57. The molecule has 35 heavy (non-hydrogen) atoms. The average Bonchev–Trinajstić information content (AvgIpc) is 2.71. The fourth-order valence-electron chi connectivity index (χ4n) is 3.54. The smallest absolute Gasteiger partial charge is 0.408 e. The molecule has 8 heteroatoms. The summed E-state index contributed by atoms with van der Waals surface area (Å²) in [5, 5.41) is 2.90. The first-order valence-corrected chi connectivity index (χ1v) is 13.2. The van der Waals surface area contributed by atoms with E-state index in [4.69, 9.17) is 9.47 Å². The lowest BCUT2D eigenvalue weighted by Crippen LogP contribution is -2.40. The predicted molar refractivity (Wildman–Crippen MR) is 139 cm³/mol. The number of nitrogens with one attached hydrogen (secondary N) is 1. The van der Waals surface area contributed by atoms with Crippen LogP contribution in [-0.2, 0) is 19.5 Å². The van der Waals surface area contributed by atoms with Gasteiger partial charge in [0.1, 0.15) is 5.60 Å². The van der Waals surface area contributed by atoms with E-state index < -0.39 is 33.7 Å². The van der Waals surface area contributed by atoms with Crippen molar-refractivity contribution in [1.29, 1.82) is 0 Å². The van der Waals surface area contributed by atoms with E-state index in [9.17, 15) is 13.2 Å². The molecule has 0 saturated heterocycles. The van der Waals surface area contributed by atoms with Crippen molar-refractivity contribution in [1.82, 2.24) is 5.32 Å². The van der Waals surface area contributed by atoms with Gasteiger partial charge in [0.25, 0.3) is 10.0 Å².